The van der Waals surface area contributed by atoms with Gasteiger partial charge in [-0.15, -0.1) is 0 Å². The molecule has 3 atom stereocenters. The smallest absolute Gasteiger partial charge is 0.120 e. The van der Waals surface area contributed by atoms with E-state index in [2.05, 4.69) is 5.32 Å². The van der Waals surface area contributed by atoms with Crippen LogP contribution in [0.2, 0.25) is 0 Å². The van der Waals surface area contributed by atoms with Gasteiger partial charge in [0, 0.05) is 40.5 Å². The molecule has 0 amide bonds. The molecule has 0 saturated heterocycles. The SMILES string of the molecule is CC(NCC(C)S(C)=O)c1cc(O)ccc1O. The third kappa shape index (κ3) is 4.02. The van der Waals surface area contributed by atoms with Crippen LogP contribution in [0.4, 0.5) is 0 Å². The summed E-state index contributed by atoms with van der Waals surface area (Å²) in [5, 5.41) is 22.3. The highest BCUT2D eigenvalue weighted by Gasteiger charge is 2.13. The van der Waals surface area contributed by atoms with Gasteiger partial charge in [-0.25, -0.2) is 0 Å². The molecule has 5 heteroatoms. The number of hydrogen-bond donors (Lipinski definition) is 3. The standard InChI is InChI=1S/C12H19NO3S/c1-8(17(3)16)7-13-9(2)11-6-10(14)4-5-12(11)15/h4-6,8-9,13-15H,7H2,1-3H3. The van der Waals surface area contributed by atoms with Crippen molar-refractivity contribution in [3.05, 3.63) is 23.8 Å². The van der Waals surface area contributed by atoms with Crippen LogP contribution in [0.25, 0.3) is 0 Å². The number of phenolic OH excluding ortho intramolecular Hbond substituents is 2. The number of rotatable bonds is 5. The first-order chi connectivity index (χ1) is 7.91. The lowest BCUT2D eigenvalue weighted by Crippen LogP contribution is -2.29. The van der Waals surface area contributed by atoms with Crippen LogP contribution in [0, 0.1) is 0 Å². The molecule has 1 aromatic carbocycles. The molecule has 1 rings (SSSR count). The highest BCUT2D eigenvalue weighted by atomic mass is 32.2. The topological polar surface area (TPSA) is 69.6 Å². The monoisotopic (exact) mass is 257 g/mol. The minimum Gasteiger partial charge on any atom is -0.508 e. The van der Waals surface area contributed by atoms with Gasteiger partial charge in [0.25, 0.3) is 0 Å². The minimum atomic E-state index is -0.867. The Hall–Kier alpha value is -1.07. The van der Waals surface area contributed by atoms with Gasteiger partial charge in [0.2, 0.25) is 0 Å². The number of hydrogen-bond acceptors (Lipinski definition) is 4. The minimum absolute atomic E-state index is 0.0527. The van der Waals surface area contributed by atoms with Crippen molar-refractivity contribution in [3.8, 4) is 11.5 Å². The van der Waals surface area contributed by atoms with Gasteiger partial charge in [0.15, 0.2) is 0 Å². The van der Waals surface area contributed by atoms with Crippen LogP contribution < -0.4 is 5.32 Å². The van der Waals surface area contributed by atoms with E-state index in [-0.39, 0.29) is 22.8 Å². The summed E-state index contributed by atoms with van der Waals surface area (Å²) in [5.41, 5.74) is 0.638. The van der Waals surface area contributed by atoms with Gasteiger partial charge in [-0.05, 0) is 32.0 Å². The highest BCUT2D eigenvalue weighted by molar-refractivity contribution is 7.84. The fraction of sp³-hybridized carbons (Fsp3) is 0.500. The second kappa shape index (κ2) is 6.02. The molecule has 0 aliphatic heterocycles. The molecule has 1 aromatic rings. The van der Waals surface area contributed by atoms with E-state index in [1.165, 1.54) is 18.2 Å². The zero-order valence-corrected chi connectivity index (χ0v) is 11.1. The summed E-state index contributed by atoms with van der Waals surface area (Å²) in [5.74, 6) is 0.270. The molecule has 0 aromatic heterocycles. The summed E-state index contributed by atoms with van der Waals surface area (Å²) in [6.45, 7) is 4.39. The van der Waals surface area contributed by atoms with E-state index >= 15 is 0 Å². The van der Waals surface area contributed by atoms with Crippen molar-refractivity contribution < 1.29 is 14.4 Å². The average Bonchev–Trinajstić information content (AvgIpc) is 2.28. The van der Waals surface area contributed by atoms with Gasteiger partial charge in [-0.1, -0.05) is 0 Å². The summed E-state index contributed by atoms with van der Waals surface area (Å²) in [6.07, 6.45) is 1.67. The molecule has 0 aliphatic carbocycles. The second-order valence-corrected chi connectivity index (χ2v) is 5.98. The van der Waals surface area contributed by atoms with E-state index in [0.29, 0.717) is 12.1 Å². The van der Waals surface area contributed by atoms with Crippen LogP contribution in [0.5, 0.6) is 11.5 Å². The molecule has 0 aliphatic rings. The number of nitrogens with one attached hydrogen (secondary N) is 1. The number of benzene rings is 1. The van der Waals surface area contributed by atoms with Crippen molar-refractivity contribution in [2.75, 3.05) is 12.8 Å². The van der Waals surface area contributed by atoms with Crippen LogP contribution in [0.3, 0.4) is 0 Å². The predicted molar refractivity (Wildman–Crippen MR) is 69.7 cm³/mol. The van der Waals surface area contributed by atoms with Crippen molar-refractivity contribution in [1.82, 2.24) is 5.32 Å². The summed E-state index contributed by atoms with van der Waals surface area (Å²) < 4.78 is 11.2. The molecule has 4 nitrogen and oxygen atoms in total. The van der Waals surface area contributed by atoms with E-state index in [1.54, 1.807) is 6.26 Å². The lowest BCUT2D eigenvalue weighted by Gasteiger charge is -2.18. The van der Waals surface area contributed by atoms with Crippen LogP contribution >= 0.6 is 0 Å². The van der Waals surface area contributed by atoms with Gasteiger partial charge in [0.05, 0.1) is 0 Å². The molecular weight excluding hydrogens is 238 g/mol. The van der Waals surface area contributed by atoms with Gasteiger partial charge >= 0.3 is 0 Å². The summed E-state index contributed by atoms with van der Waals surface area (Å²) in [6, 6.07) is 4.33. The van der Waals surface area contributed by atoms with Crippen molar-refractivity contribution >= 4 is 10.8 Å². The molecule has 0 saturated carbocycles. The van der Waals surface area contributed by atoms with Crippen LogP contribution in [0.15, 0.2) is 18.2 Å². The molecule has 0 spiro atoms. The van der Waals surface area contributed by atoms with Gasteiger partial charge in [-0.2, -0.15) is 0 Å². The zero-order chi connectivity index (χ0) is 13.0. The van der Waals surface area contributed by atoms with Gasteiger partial charge < -0.3 is 15.5 Å². The van der Waals surface area contributed by atoms with E-state index in [1.807, 2.05) is 13.8 Å². The maximum Gasteiger partial charge on any atom is 0.120 e. The lowest BCUT2D eigenvalue weighted by atomic mass is 10.1. The largest absolute Gasteiger partial charge is 0.508 e. The zero-order valence-electron chi connectivity index (χ0n) is 10.3. The van der Waals surface area contributed by atoms with Crippen molar-refractivity contribution in [3.63, 3.8) is 0 Å². The Morgan fingerprint density at radius 3 is 2.59 bits per heavy atom. The second-order valence-electron chi connectivity index (χ2n) is 4.18. The van der Waals surface area contributed by atoms with Crippen LogP contribution in [0.1, 0.15) is 25.5 Å². The average molecular weight is 257 g/mol. The molecule has 96 valence electrons. The van der Waals surface area contributed by atoms with Crippen molar-refractivity contribution in [1.29, 1.82) is 0 Å². The summed E-state index contributed by atoms with van der Waals surface area (Å²) >= 11 is 0. The fourth-order valence-corrected chi connectivity index (χ4v) is 1.79. The maximum absolute atomic E-state index is 11.2. The third-order valence-electron chi connectivity index (χ3n) is 2.76. The fourth-order valence-electron chi connectivity index (χ4n) is 1.46. The Kier molecular flexibility index (Phi) is 4.96. The Morgan fingerprint density at radius 1 is 1.35 bits per heavy atom. The van der Waals surface area contributed by atoms with E-state index in [9.17, 15) is 14.4 Å². The van der Waals surface area contributed by atoms with Crippen molar-refractivity contribution in [2.45, 2.75) is 25.1 Å². The highest BCUT2D eigenvalue weighted by Crippen LogP contribution is 2.27. The normalized spacial score (nSPS) is 16.4. The Balaban J connectivity index is 2.66. The summed E-state index contributed by atoms with van der Waals surface area (Å²) in [4.78, 5) is 0. The van der Waals surface area contributed by atoms with Crippen molar-refractivity contribution in [2.24, 2.45) is 0 Å². The van der Waals surface area contributed by atoms with E-state index < -0.39 is 10.8 Å². The first-order valence-electron chi connectivity index (χ1n) is 5.49. The molecule has 0 fully saturated rings. The van der Waals surface area contributed by atoms with E-state index in [4.69, 9.17) is 0 Å². The first-order valence-corrected chi connectivity index (χ1v) is 7.11. The molecule has 0 bridgehead atoms. The predicted octanol–water partition coefficient (Wildman–Crippen LogP) is 1.52. The molecular formula is C12H19NO3S. The van der Waals surface area contributed by atoms with Gasteiger partial charge in [0.1, 0.15) is 11.5 Å². The summed E-state index contributed by atoms with van der Waals surface area (Å²) in [7, 11) is -0.867. The number of aromatic hydroxyl groups is 2. The quantitative estimate of drug-likeness (QED) is 0.699. The Bertz CT molecular complexity index is 409. The van der Waals surface area contributed by atoms with Gasteiger partial charge in [-0.3, -0.25) is 4.21 Å². The van der Waals surface area contributed by atoms with Crippen LogP contribution in [-0.4, -0.2) is 32.5 Å². The Labute approximate surface area is 104 Å². The molecule has 3 unspecified atom stereocenters. The third-order valence-corrected chi connectivity index (χ3v) is 4.06. The number of phenols is 2. The van der Waals surface area contributed by atoms with E-state index in [0.717, 1.165) is 0 Å². The van der Waals surface area contributed by atoms with Crippen LogP contribution in [-0.2, 0) is 10.8 Å². The molecule has 0 heterocycles. The molecule has 3 N–H and O–H groups in total. The Morgan fingerprint density at radius 2 is 2.00 bits per heavy atom. The lowest BCUT2D eigenvalue weighted by molar-refractivity contribution is 0.441. The molecule has 0 radical (unpaired) electrons. The molecule has 17 heavy (non-hydrogen) atoms. The maximum atomic E-state index is 11.2. The first kappa shape index (κ1) is 14.0.